The average molecular weight is 290 g/mol. The Morgan fingerprint density at radius 1 is 1.29 bits per heavy atom. The van der Waals surface area contributed by atoms with Gasteiger partial charge in [0.25, 0.3) is 0 Å². The Bertz CT molecular complexity index is 482. The zero-order valence-electron chi connectivity index (χ0n) is 13.3. The minimum absolute atomic E-state index is 0.220. The van der Waals surface area contributed by atoms with E-state index in [0.717, 1.165) is 13.1 Å². The van der Waals surface area contributed by atoms with Crippen molar-refractivity contribution in [3.8, 4) is 0 Å². The zero-order chi connectivity index (χ0) is 15.2. The Kier molecular flexibility index (Phi) is 5.76. The van der Waals surface area contributed by atoms with Crippen molar-refractivity contribution in [1.82, 2.24) is 10.2 Å². The summed E-state index contributed by atoms with van der Waals surface area (Å²) in [6.07, 6.45) is 0.551. The van der Waals surface area contributed by atoms with Gasteiger partial charge in [-0.2, -0.15) is 0 Å². The second-order valence-electron chi connectivity index (χ2n) is 5.76. The lowest BCUT2D eigenvalue weighted by molar-refractivity contribution is -0.135. The Labute approximate surface area is 127 Å². The first-order valence-corrected chi connectivity index (χ1v) is 7.74. The Morgan fingerprint density at radius 3 is 2.67 bits per heavy atom. The van der Waals surface area contributed by atoms with Crippen molar-refractivity contribution >= 4 is 5.91 Å². The van der Waals surface area contributed by atoms with Gasteiger partial charge in [0, 0.05) is 32.1 Å². The fraction of sp³-hybridized carbons (Fsp3) is 0.588. The molecule has 1 atom stereocenters. The summed E-state index contributed by atoms with van der Waals surface area (Å²) < 4.78 is 5.26. The van der Waals surface area contributed by atoms with Crippen molar-refractivity contribution in [2.24, 2.45) is 0 Å². The summed E-state index contributed by atoms with van der Waals surface area (Å²) in [4.78, 5) is 13.9. The molecular formula is C17H26N2O2. The van der Waals surface area contributed by atoms with E-state index in [2.05, 4.69) is 44.3 Å². The molecule has 0 saturated carbocycles. The molecule has 2 rings (SSSR count). The van der Waals surface area contributed by atoms with Crippen LogP contribution >= 0.6 is 0 Å². The van der Waals surface area contributed by atoms with Gasteiger partial charge in [-0.15, -0.1) is 0 Å². The number of carbonyl (C=O) groups is 1. The number of morpholine rings is 1. The molecule has 4 nitrogen and oxygen atoms in total. The smallest absolute Gasteiger partial charge is 0.224 e. The molecule has 0 spiro atoms. The number of nitrogens with one attached hydrogen (secondary N) is 1. The fourth-order valence-corrected chi connectivity index (χ4v) is 2.52. The fourth-order valence-electron chi connectivity index (χ4n) is 2.52. The molecule has 1 amide bonds. The molecule has 1 saturated heterocycles. The van der Waals surface area contributed by atoms with E-state index in [1.54, 1.807) is 0 Å². The molecule has 1 unspecified atom stereocenters. The summed E-state index contributed by atoms with van der Waals surface area (Å²) in [5.74, 6) is 0.220. The number of hydrogen-bond donors (Lipinski definition) is 1. The van der Waals surface area contributed by atoms with E-state index in [1.165, 1.54) is 16.7 Å². The normalized spacial score (nSPS) is 16.8. The van der Waals surface area contributed by atoms with Gasteiger partial charge in [0.05, 0.1) is 13.2 Å². The molecule has 0 aliphatic carbocycles. The molecule has 1 aliphatic heterocycles. The lowest BCUT2D eigenvalue weighted by atomic mass is 10.0. The molecule has 1 N–H and O–H groups in total. The van der Waals surface area contributed by atoms with Gasteiger partial charge in [-0.05, 0) is 37.5 Å². The Balaban J connectivity index is 1.76. The second kappa shape index (κ2) is 7.57. The van der Waals surface area contributed by atoms with Gasteiger partial charge in [-0.25, -0.2) is 0 Å². The zero-order valence-corrected chi connectivity index (χ0v) is 13.3. The molecule has 1 heterocycles. The molecule has 116 valence electrons. The number of ether oxygens (including phenoxy) is 1. The lowest BCUT2D eigenvalue weighted by Crippen LogP contribution is -2.41. The number of nitrogens with zero attached hydrogens (tertiary/aromatic N) is 1. The van der Waals surface area contributed by atoms with Crippen molar-refractivity contribution in [2.75, 3.05) is 32.8 Å². The van der Waals surface area contributed by atoms with Crippen molar-refractivity contribution in [2.45, 2.75) is 33.2 Å². The highest BCUT2D eigenvalue weighted by Crippen LogP contribution is 2.16. The summed E-state index contributed by atoms with van der Waals surface area (Å²) in [7, 11) is 0. The maximum Gasteiger partial charge on any atom is 0.224 e. The molecule has 0 radical (unpaired) electrons. The van der Waals surface area contributed by atoms with Crippen LogP contribution in [-0.2, 0) is 9.53 Å². The Morgan fingerprint density at radius 2 is 2.00 bits per heavy atom. The maximum atomic E-state index is 12.0. The van der Waals surface area contributed by atoms with Crippen LogP contribution in [0.4, 0.5) is 0 Å². The highest BCUT2D eigenvalue weighted by Gasteiger charge is 2.16. The maximum absolute atomic E-state index is 12.0. The molecule has 0 bridgehead atoms. The SMILES string of the molecule is Cc1ccc(C(C)NCCC(=O)N2CCOCC2)cc1C. The average Bonchev–Trinajstić information content (AvgIpc) is 2.50. The van der Waals surface area contributed by atoms with Crippen LogP contribution in [0.3, 0.4) is 0 Å². The topological polar surface area (TPSA) is 41.6 Å². The van der Waals surface area contributed by atoms with Crippen LogP contribution in [0.25, 0.3) is 0 Å². The van der Waals surface area contributed by atoms with Crippen LogP contribution in [0.5, 0.6) is 0 Å². The largest absolute Gasteiger partial charge is 0.378 e. The summed E-state index contributed by atoms with van der Waals surface area (Å²) in [6, 6.07) is 6.80. The van der Waals surface area contributed by atoms with Crippen LogP contribution in [0, 0.1) is 13.8 Å². The third kappa shape index (κ3) is 4.55. The van der Waals surface area contributed by atoms with Crippen molar-refractivity contribution in [3.63, 3.8) is 0 Å². The van der Waals surface area contributed by atoms with Gasteiger partial charge in [0.15, 0.2) is 0 Å². The van der Waals surface area contributed by atoms with Gasteiger partial charge in [-0.1, -0.05) is 18.2 Å². The van der Waals surface area contributed by atoms with Crippen molar-refractivity contribution in [3.05, 3.63) is 34.9 Å². The van der Waals surface area contributed by atoms with E-state index in [9.17, 15) is 4.79 Å². The molecule has 1 fully saturated rings. The van der Waals surface area contributed by atoms with E-state index in [1.807, 2.05) is 4.90 Å². The number of hydrogen-bond acceptors (Lipinski definition) is 3. The first-order valence-electron chi connectivity index (χ1n) is 7.74. The number of benzene rings is 1. The minimum atomic E-state index is 0.220. The number of rotatable bonds is 5. The van der Waals surface area contributed by atoms with E-state index >= 15 is 0 Å². The summed E-state index contributed by atoms with van der Waals surface area (Å²) in [6.45, 7) is 9.90. The predicted molar refractivity (Wildman–Crippen MR) is 84.3 cm³/mol. The van der Waals surface area contributed by atoms with Gasteiger partial charge in [-0.3, -0.25) is 4.79 Å². The number of amides is 1. The Hall–Kier alpha value is -1.39. The highest BCUT2D eigenvalue weighted by molar-refractivity contribution is 5.76. The van der Waals surface area contributed by atoms with Crippen molar-refractivity contribution < 1.29 is 9.53 Å². The summed E-state index contributed by atoms with van der Waals surface area (Å²) >= 11 is 0. The van der Waals surface area contributed by atoms with Crippen LogP contribution in [-0.4, -0.2) is 43.7 Å². The van der Waals surface area contributed by atoms with E-state index < -0.39 is 0 Å². The number of carbonyl (C=O) groups excluding carboxylic acids is 1. The molecule has 21 heavy (non-hydrogen) atoms. The van der Waals surface area contributed by atoms with Gasteiger partial charge in [0.1, 0.15) is 0 Å². The third-order valence-corrected chi connectivity index (χ3v) is 4.18. The molecule has 0 aromatic heterocycles. The second-order valence-corrected chi connectivity index (χ2v) is 5.76. The summed E-state index contributed by atoms with van der Waals surface area (Å²) in [5.41, 5.74) is 3.90. The molecule has 1 aromatic carbocycles. The first-order chi connectivity index (χ1) is 10.1. The molecule has 1 aromatic rings. The van der Waals surface area contributed by atoms with Gasteiger partial charge < -0.3 is 15.0 Å². The van der Waals surface area contributed by atoms with E-state index in [4.69, 9.17) is 4.74 Å². The first kappa shape index (κ1) is 16.0. The number of aryl methyl sites for hydroxylation is 2. The van der Waals surface area contributed by atoms with Crippen LogP contribution in [0.1, 0.15) is 36.1 Å². The molecular weight excluding hydrogens is 264 g/mol. The van der Waals surface area contributed by atoms with Crippen LogP contribution < -0.4 is 5.32 Å². The minimum Gasteiger partial charge on any atom is -0.378 e. The quantitative estimate of drug-likeness (QED) is 0.904. The van der Waals surface area contributed by atoms with Crippen LogP contribution in [0.15, 0.2) is 18.2 Å². The van der Waals surface area contributed by atoms with E-state index in [-0.39, 0.29) is 11.9 Å². The third-order valence-electron chi connectivity index (χ3n) is 4.18. The predicted octanol–water partition coefficient (Wildman–Crippen LogP) is 2.20. The standard InChI is InChI=1S/C17H26N2O2/c1-13-4-5-16(12-14(13)2)15(3)18-7-6-17(20)19-8-10-21-11-9-19/h4-5,12,15,18H,6-11H2,1-3H3. The summed E-state index contributed by atoms with van der Waals surface area (Å²) in [5, 5.41) is 3.44. The molecule has 1 aliphatic rings. The van der Waals surface area contributed by atoms with E-state index in [0.29, 0.717) is 26.2 Å². The van der Waals surface area contributed by atoms with Gasteiger partial charge >= 0.3 is 0 Å². The van der Waals surface area contributed by atoms with Gasteiger partial charge in [0.2, 0.25) is 5.91 Å². The highest BCUT2D eigenvalue weighted by atomic mass is 16.5. The van der Waals surface area contributed by atoms with Crippen molar-refractivity contribution in [1.29, 1.82) is 0 Å². The van der Waals surface area contributed by atoms with Crippen LogP contribution in [0.2, 0.25) is 0 Å². The molecule has 4 heteroatoms. The monoisotopic (exact) mass is 290 g/mol. The lowest BCUT2D eigenvalue weighted by Gasteiger charge is -2.27.